The second-order valence-electron chi connectivity index (χ2n) is 8.53. The third kappa shape index (κ3) is 5.01. The highest BCUT2D eigenvalue weighted by Gasteiger charge is 2.16. The second kappa shape index (κ2) is 11.9. The van der Waals surface area contributed by atoms with Crippen LogP contribution in [0.15, 0.2) is 112 Å². The molecule has 1 nitrogen and oxygen atoms in total. The lowest BCUT2D eigenvalue weighted by Crippen LogP contribution is -1.97. The number of allylic oxidation sites excluding steroid dienone is 4. The molecule has 0 unspecified atom stereocenters. The molecule has 0 amide bonds. The van der Waals surface area contributed by atoms with Crippen LogP contribution in [0, 0.1) is 6.92 Å². The van der Waals surface area contributed by atoms with Crippen LogP contribution < -0.4 is 0 Å². The minimum Gasteiger partial charge on any atom is -0.309 e. The molecule has 0 bridgehead atoms. The fourth-order valence-corrected chi connectivity index (χ4v) is 4.52. The highest BCUT2D eigenvalue weighted by molar-refractivity contribution is 5.97. The number of benzene rings is 3. The molecule has 0 N–H and O–H groups in total. The molecule has 1 aromatic heterocycles. The third-order valence-electron chi connectivity index (χ3n) is 6.23. The molecule has 0 spiro atoms. The third-order valence-corrected chi connectivity index (χ3v) is 6.23. The first-order chi connectivity index (χ1) is 17.5. The number of fused-ring (bicyclic) bond motifs is 1. The van der Waals surface area contributed by atoms with E-state index in [4.69, 9.17) is 0 Å². The van der Waals surface area contributed by atoms with Crippen LogP contribution in [0.5, 0.6) is 0 Å². The lowest BCUT2D eigenvalue weighted by atomic mass is 9.95. The van der Waals surface area contributed by atoms with E-state index in [9.17, 15) is 0 Å². The van der Waals surface area contributed by atoms with Crippen LogP contribution >= 0.6 is 0 Å². The van der Waals surface area contributed by atoms with Gasteiger partial charge < -0.3 is 4.57 Å². The van der Waals surface area contributed by atoms with E-state index in [0.717, 1.165) is 33.6 Å². The average molecular weight is 470 g/mol. The van der Waals surface area contributed by atoms with E-state index in [-0.39, 0.29) is 0 Å². The Hall–Kier alpha value is -4.36. The van der Waals surface area contributed by atoms with Gasteiger partial charge in [-0.25, -0.2) is 0 Å². The van der Waals surface area contributed by atoms with Crippen molar-refractivity contribution in [1.82, 2.24) is 4.57 Å². The number of aryl methyl sites for hydroxylation is 1. The molecule has 36 heavy (non-hydrogen) atoms. The number of hydrogen-bond acceptors (Lipinski definition) is 0. The standard InChI is InChI=1S/C33H31N.C2H4/c1-7-10-14-29-24(6)13-11-15-30(29)25-16-19-27(20-17-25)34-32(12-8-2)28(9-3)31-22-26(23(4)5)18-21-33(31)34;1-2/h7-22H,1,3-4H2,2,5-6H3;1-2H2/b12-8-,14-10-;. The summed E-state index contributed by atoms with van der Waals surface area (Å²) in [6, 6.07) is 21.8. The molecule has 0 aliphatic heterocycles. The van der Waals surface area contributed by atoms with Gasteiger partial charge in [0.2, 0.25) is 0 Å². The van der Waals surface area contributed by atoms with Crippen LogP contribution in [0.1, 0.15) is 41.8 Å². The van der Waals surface area contributed by atoms with Gasteiger partial charge in [-0.3, -0.25) is 0 Å². The van der Waals surface area contributed by atoms with Gasteiger partial charge in [0.05, 0.1) is 11.2 Å². The first-order valence-corrected chi connectivity index (χ1v) is 12.1. The summed E-state index contributed by atoms with van der Waals surface area (Å²) in [4.78, 5) is 0. The average Bonchev–Trinajstić information content (AvgIpc) is 3.21. The second-order valence-corrected chi connectivity index (χ2v) is 8.53. The molecule has 1 heteroatoms. The summed E-state index contributed by atoms with van der Waals surface area (Å²) < 4.78 is 2.31. The van der Waals surface area contributed by atoms with E-state index in [1.165, 1.54) is 27.6 Å². The molecular formula is C35H35N. The predicted octanol–water partition coefficient (Wildman–Crippen LogP) is 10.3. The van der Waals surface area contributed by atoms with Crippen LogP contribution in [-0.4, -0.2) is 4.57 Å². The van der Waals surface area contributed by atoms with Gasteiger partial charge in [0.25, 0.3) is 0 Å². The Kier molecular flexibility index (Phi) is 8.65. The molecule has 0 aliphatic carbocycles. The molecule has 0 aliphatic rings. The van der Waals surface area contributed by atoms with Crippen LogP contribution in [0.2, 0.25) is 0 Å². The molecule has 0 saturated carbocycles. The summed E-state index contributed by atoms with van der Waals surface area (Å²) in [6.45, 7) is 24.3. The van der Waals surface area contributed by atoms with E-state index in [1.807, 2.05) is 32.1 Å². The maximum absolute atomic E-state index is 4.12. The minimum atomic E-state index is 1.06. The maximum atomic E-state index is 4.12. The number of rotatable bonds is 7. The monoisotopic (exact) mass is 469 g/mol. The summed E-state index contributed by atoms with van der Waals surface area (Å²) >= 11 is 0. The van der Waals surface area contributed by atoms with E-state index >= 15 is 0 Å². The summed E-state index contributed by atoms with van der Waals surface area (Å²) in [5, 5.41) is 1.18. The van der Waals surface area contributed by atoms with Crippen LogP contribution in [0.25, 0.3) is 51.5 Å². The van der Waals surface area contributed by atoms with Gasteiger partial charge in [-0.2, -0.15) is 0 Å². The van der Waals surface area contributed by atoms with Gasteiger partial charge >= 0.3 is 0 Å². The Labute approximate surface area is 216 Å². The maximum Gasteiger partial charge on any atom is 0.0541 e. The fraction of sp³-hybridized carbons (Fsp3) is 0.0857. The Morgan fingerprint density at radius 3 is 2.22 bits per heavy atom. The van der Waals surface area contributed by atoms with Crippen molar-refractivity contribution in [1.29, 1.82) is 0 Å². The Morgan fingerprint density at radius 1 is 0.889 bits per heavy atom. The van der Waals surface area contributed by atoms with Crippen molar-refractivity contribution < 1.29 is 0 Å². The summed E-state index contributed by atoms with van der Waals surface area (Å²) in [5.74, 6) is 0. The van der Waals surface area contributed by atoms with Gasteiger partial charge in [-0.05, 0) is 78.9 Å². The zero-order valence-corrected chi connectivity index (χ0v) is 21.7. The van der Waals surface area contributed by atoms with Crippen molar-refractivity contribution in [3.63, 3.8) is 0 Å². The molecule has 3 aromatic carbocycles. The first-order valence-electron chi connectivity index (χ1n) is 12.1. The van der Waals surface area contributed by atoms with Gasteiger partial charge in [0.15, 0.2) is 0 Å². The van der Waals surface area contributed by atoms with Crippen LogP contribution in [-0.2, 0) is 0 Å². The van der Waals surface area contributed by atoms with Crippen molar-refractivity contribution in [2.45, 2.75) is 20.8 Å². The van der Waals surface area contributed by atoms with E-state index < -0.39 is 0 Å². The van der Waals surface area contributed by atoms with Crippen molar-refractivity contribution >= 4 is 34.7 Å². The molecule has 1 heterocycles. The fourth-order valence-electron chi connectivity index (χ4n) is 4.52. The summed E-state index contributed by atoms with van der Waals surface area (Å²) in [7, 11) is 0. The Balaban J connectivity index is 0.00000176. The van der Waals surface area contributed by atoms with Crippen molar-refractivity contribution in [2.24, 2.45) is 0 Å². The minimum absolute atomic E-state index is 1.06. The van der Waals surface area contributed by atoms with Gasteiger partial charge in [-0.1, -0.05) is 92.1 Å². The molecule has 0 saturated heterocycles. The van der Waals surface area contributed by atoms with E-state index in [0.29, 0.717) is 0 Å². The molecule has 0 fully saturated rings. The normalized spacial score (nSPS) is 11.0. The Morgan fingerprint density at radius 2 is 1.61 bits per heavy atom. The van der Waals surface area contributed by atoms with E-state index in [2.05, 4.69) is 123 Å². The highest BCUT2D eigenvalue weighted by Crippen LogP contribution is 2.35. The molecule has 0 radical (unpaired) electrons. The zero-order chi connectivity index (χ0) is 26.2. The quantitative estimate of drug-likeness (QED) is 0.187. The smallest absolute Gasteiger partial charge is 0.0541 e. The lowest BCUT2D eigenvalue weighted by molar-refractivity contribution is 1.10. The van der Waals surface area contributed by atoms with Crippen molar-refractivity contribution in [3.8, 4) is 16.8 Å². The highest BCUT2D eigenvalue weighted by atomic mass is 15.0. The Bertz CT molecular complexity index is 1470. The molecule has 4 rings (SSSR count). The topological polar surface area (TPSA) is 4.93 Å². The largest absolute Gasteiger partial charge is 0.309 e. The molecule has 180 valence electrons. The van der Waals surface area contributed by atoms with Crippen molar-refractivity contribution in [3.05, 3.63) is 140 Å². The lowest BCUT2D eigenvalue weighted by Gasteiger charge is -2.13. The van der Waals surface area contributed by atoms with E-state index in [1.54, 1.807) is 0 Å². The first kappa shape index (κ1) is 26.2. The molecular weight excluding hydrogens is 434 g/mol. The summed E-state index contributed by atoms with van der Waals surface area (Å²) in [5.41, 5.74) is 11.6. The zero-order valence-electron chi connectivity index (χ0n) is 21.7. The predicted molar refractivity (Wildman–Crippen MR) is 163 cm³/mol. The van der Waals surface area contributed by atoms with Crippen molar-refractivity contribution in [2.75, 3.05) is 0 Å². The molecule has 0 atom stereocenters. The van der Waals surface area contributed by atoms with Crippen LogP contribution in [0.3, 0.4) is 0 Å². The van der Waals surface area contributed by atoms with Crippen LogP contribution in [0.4, 0.5) is 0 Å². The SMILES string of the molecule is C=C.C=C/C=C\c1c(C)cccc1-c1ccc(-n2c(/C=C\C)c(C=C)c3cc(C(=C)C)ccc32)cc1. The number of nitrogens with zero attached hydrogens (tertiary/aromatic N) is 1. The number of hydrogen-bond donors (Lipinski definition) is 0. The van der Waals surface area contributed by atoms with Gasteiger partial charge in [0, 0.05) is 16.6 Å². The summed E-state index contributed by atoms with van der Waals surface area (Å²) in [6.07, 6.45) is 12.1. The number of aromatic nitrogens is 1. The van der Waals surface area contributed by atoms with Gasteiger partial charge in [0.1, 0.15) is 0 Å². The van der Waals surface area contributed by atoms with Gasteiger partial charge in [-0.15, -0.1) is 13.2 Å². The molecule has 4 aromatic rings.